The van der Waals surface area contributed by atoms with Gasteiger partial charge >= 0.3 is 0 Å². The van der Waals surface area contributed by atoms with Gasteiger partial charge in [0.1, 0.15) is 0 Å². The average Bonchev–Trinajstić information content (AvgIpc) is 2.06. The van der Waals surface area contributed by atoms with Crippen LogP contribution in [0, 0.1) is 0 Å². The van der Waals surface area contributed by atoms with Gasteiger partial charge in [-0.25, -0.2) is 0 Å². The molecule has 0 bridgehead atoms. The summed E-state index contributed by atoms with van der Waals surface area (Å²) < 4.78 is 0. The van der Waals surface area contributed by atoms with E-state index in [1.165, 1.54) is 25.7 Å². The molecule has 4 heteroatoms. The highest BCUT2D eigenvalue weighted by Gasteiger charge is 2.07. The van der Waals surface area contributed by atoms with Crippen LogP contribution < -0.4 is 0 Å². The Hall–Kier alpha value is 1.01. The Bertz CT molecular complexity index is 85.1. The number of hydrogen-bond donors (Lipinski definition) is 0. The Morgan fingerprint density at radius 3 is 2.08 bits per heavy atom. The fraction of sp³-hybridized carbons (Fsp3) is 1.00. The highest BCUT2D eigenvalue weighted by Crippen LogP contribution is 2.13. The lowest BCUT2D eigenvalue weighted by atomic mass is 10.2. The minimum Gasteiger partial charge on any atom is -0.131 e. The van der Waals surface area contributed by atoms with Crippen LogP contribution in [0.2, 0.25) is 5.16 Å². The van der Waals surface area contributed by atoms with Crippen molar-refractivity contribution in [2.45, 2.75) is 37.8 Å². The van der Waals surface area contributed by atoms with Crippen LogP contribution in [0.4, 0.5) is 0 Å². The van der Waals surface area contributed by atoms with Gasteiger partial charge in [-0.1, -0.05) is 37.8 Å². The van der Waals surface area contributed by atoms with Gasteiger partial charge < -0.3 is 0 Å². The predicted molar refractivity (Wildman–Crippen MR) is 66.4 cm³/mol. The molecule has 0 aromatic carbocycles. The lowest BCUT2D eigenvalue weighted by Crippen LogP contribution is -2.14. The van der Waals surface area contributed by atoms with Crippen LogP contribution in [-0.4, -0.2) is 30.0 Å². The second-order valence-electron chi connectivity index (χ2n) is 3.32. The van der Waals surface area contributed by atoms with Gasteiger partial charge in [-0.15, -0.1) is 23.2 Å². The van der Waals surface area contributed by atoms with Crippen molar-refractivity contribution in [3.63, 3.8) is 0 Å². The van der Waals surface area contributed by atoms with Crippen molar-refractivity contribution in [2.75, 3.05) is 11.0 Å². The molecule has 0 N–H and O–H groups in total. The van der Waals surface area contributed by atoms with E-state index >= 15 is 0 Å². The number of unbranched alkanes of at least 4 members (excludes halogenated alkanes) is 2. The molecule has 12 heavy (non-hydrogen) atoms. The Labute approximate surface area is 91.0 Å². The fourth-order valence-corrected chi connectivity index (χ4v) is 8.98. The molecule has 0 heterocycles. The molecule has 0 spiro atoms. The van der Waals surface area contributed by atoms with Crippen molar-refractivity contribution >= 4 is 42.2 Å². The lowest BCUT2D eigenvalue weighted by molar-refractivity contribution is 0.686. The second-order valence-corrected chi connectivity index (χ2v) is 11.0. The third-order valence-corrected chi connectivity index (χ3v) is 8.90. The van der Waals surface area contributed by atoms with E-state index in [2.05, 4.69) is 6.92 Å². The topological polar surface area (TPSA) is 0 Å². The summed E-state index contributed by atoms with van der Waals surface area (Å²) >= 11 is 11.6. The molecule has 0 amide bonds. The Morgan fingerprint density at radius 2 is 1.67 bits per heavy atom. The molecule has 0 radical (unpaired) electrons. The van der Waals surface area contributed by atoms with E-state index in [0.29, 0.717) is 0 Å². The lowest BCUT2D eigenvalue weighted by Gasteiger charge is -2.11. The zero-order valence-corrected chi connectivity index (χ0v) is 12.3. The van der Waals surface area contributed by atoms with E-state index in [1.54, 1.807) is 0 Å². The summed E-state index contributed by atoms with van der Waals surface area (Å²) in [4.78, 5) is 0. The van der Waals surface area contributed by atoms with Crippen molar-refractivity contribution in [3.8, 4) is 0 Å². The summed E-state index contributed by atoms with van der Waals surface area (Å²) in [5, 5.41) is 1.05. The first-order valence-corrected chi connectivity index (χ1v) is 9.67. The predicted octanol–water partition coefficient (Wildman–Crippen LogP) is 2.04. The van der Waals surface area contributed by atoms with Gasteiger partial charge in [0, 0.05) is 30.0 Å². The van der Waals surface area contributed by atoms with E-state index in [9.17, 15) is 0 Å². The van der Waals surface area contributed by atoms with Crippen molar-refractivity contribution in [3.05, 3.63) is 0 Å². The van der Waals surface area contributed by atoms with Gasteiger partial charge in [0.25, 0.3) is 0 Å². The van der Waals surface area contributed by atoms with Crippen LogP contribution in [-0.2, 0) is 0 Å². The number of halogens is 2. The molecule has 0 aliphatic heterocycles. The minimum absolute atomic E-state index is 0.0394. The van der Waals surface area contributed by atoms with Gasteiger partial charge in [0.2, 0.25) is 0 Å². The molecule has 0 aliphatic carbocycles. The Morgan fingerprint density at radius 1 is 1.08 bits per heavy atom. The zero-order valence-electron chi connectivity index (χ0n) is 7.99. The highest BCUT2D eigenvalue weighted by molar-refractivity contribution is 6.67. The molecule has 0 saturated carbocycles. The first kappa shape index (κ1) is 13.0. The fourth-order valence-electron chi connectivity index (χ4n) is 1.42. The number of hydrogen-bond acceptors (Lipinski definition) is 0. The van der Waals surface area contributed by atoms with Crippen molar-refractivity contribution in [1.29, 1.82) is 0 Å². The quantitative estimate of drug-likeness (QED) is 0.348. The molecule has 0 aromatic rings. The maximum atomic E-state index is 5.79. The van der Waals surface area contributed by atoms with Crippen molar-refractivity contribution in [2.24, 2.45) is 0 Å². The molecule has 0 aromatic heterocycles. The third-order valence-electron chi connectivity index (χ3n) is 2.25. The molecule has 0 rings (SSSR count). The maximum Gasteiger partial charge on any atom is 0.0378 e. The summed E-state index contributed by atoms with van der Waals surface area (Å²) in [7, 11) is 0.0789. The number of rotatable bonds is 8. The first-order chi connectivity index (χ1) is 5.85. The van der Waals surface area contributed by atoms with Gasteiger partial charge in [0.05, 0.1) is 0 Å². The summed E-state index contributed by atoms with van der Waals surface area (Å²) in [5.41, 5.74) is 1.92. The van der Waals surface area contributed by atoms with Crippen molar-refractivity contribution in [1.82, 2.24) is 0 Å². The molecule has 0 fully saturated rings. The summed E-state index contributed by atoms with van der Waals surface area (Å²) in [6, 6.07) is 0. The van der Waals surface area contributed by atoms with E-state index in [-0.39, 0.29) is 19.0 Å². The highest BCUT2D eigenvalue weighted by atomic mass is 35.5. The first-order valence-electron chi connectivity index (χ1n) is 4.97. The van der Waals surface area contributed by atoms with Gasteiger partial charge in [-0.3, -0.25) is 0 Å². The van der Waals surface area contributed by atoms with E-state index in [4.69, 9.17) is 23.2 Å². The van der Waals surface area contributed by atoms with Gasteiger partial charge in [0.15, 0.2) is 0 Å². The third kappa shape index (κ3) is 7.65. The summed E-state index contributed by atoms with van der Waals surface area (Å²) in [6.45, 7) is 2.26. The van der Waals surface area contributed by atoms with E-state index < -0.39 is 0 Å². The molecule has 74 valence electrons. The SMILES string of the molecule is CCCCCC([SiH2]CCl)[SiH2]CCl. The molecular weight excluding hydrogens is 223 g/mol. The Kier molecular flexibility index (Phi) is 11.0. The minimum atomic E-state index is 0.0394. The van der Waals surface area contributed by atoms with Gasteiger partial charge in [-0.05, 0) is 0 Å². The normalized spacial score (nSPS) is 15.2. The summed E-state index contributed by atoms with van der Waals surface area (Å²) in [5.74, 6) is 0. The smallest absolute Gasteiger partial charge is 0.0378 e. The standard InChI is InChI=1S/C8H20Cl2Si2/c1-2-3-4-5-8(11-6-9)12-7-10/h8H,2-7,11-12H2,1H3. The molecular formula is C8H20Cl2Si2. The van der Waals surface area contributed by atoms with E-state index in [0.717, 1.165) is 16.2 Å². The van der Waals surface area contributed by atoms with Crippen LogP contribution in [0.15, 0.2) is 0 Å². The van der Waals surface area contributed by atoms with Crippen molar-refractivity contribution < 1.29 is 0 Å². The van der Waals surface area contributed by atoms with Crippen LogP contribution in [0.1, 0.15) is 32.6 Å². The molecule has 0 nitrogen and oxygen atoms in total. The van der Waals surface area contributed by atoms with Crippen LogP contribution in [0.25, 0.3) is 0 Å². The number of alkyl halides is 2. The average molecular weight is 243 g/mol. The molecule has 0 saturated heterocycles. The monoisotopic (exact) mass is 242 g/mol. The van der Waals surface area contributed by atoms with Crippen LogP contribution in [0.5, 0.6) is 0 Å². The molecule has 0 atom stereocenters. The largest absolute Gasteiger partial charge is 0.131 e. The maximum absolute atomic E-state index is 5.79. The Balaban J connectivity index is 3.34. The van der Waals surface area contributed by atoms with Gasteiger partial charge in [-0.2, -0.15) is 0 Å². The molecule has 0 aliphatic rings. The second kappa shape index (κ2) is 10.1. The summed E-state index contributed by atoms with van der Waals surface area (Å²) in [6.07, 6.45) is 5.57. The van der Waals surface area contributed by atoms with Crippen LogP contribution in [0.3, 0.4) is 0 Å². The van der Waals surface area contributed by atoms with Crippen LogP contribution >= 0.6 is 23.2 Å². The molecule has 0 unspecified atom stereocenters. The van der Waals surface area contributed by atoms with E-state index in [1.807, 2.05) is 0 Å². The zero-order chi connectivity index (χ0) is 9.23.